The predicted octanol–water partition coefficient (Wildman–Crippen LogP) is -1.54. The Hall–Kier alpha value is -0.600. The van der Waals surface area contributed by atoms with Gasteiger partial charge in [-0.2, -0.15) is 0 Å². The van der Waals surface area contributed by atoms with Crippen LogP contribution in [0.1, 0.15) is 0 Å². The van der Waals surface area contributed by atoms with E-state index in [2.05, 4.69) is 5.92 Å². The third kappa shape index (κ3) is 1.52. The number of aliphatic hydroxyl groups excluding tert-OH is 2. The molecule has 1 rings (SSSR count). The van der Waals surface area contributed by atoms with Crippen LogP contribution in [0.4, 0.5) is 0 Å². The molecule has 2 atom stereocenters. The van der Waals surface area contributed by atoms with Crippen LogP contribution in [0, 0.1) is 12.3 Å². The SMILES string of the molecule is C#CCN1CC(O)N(C)C1O. The molecule has 4 nitrogen and oxygen atoms in total. The summed E-state index contributed by atoms with van der Waals surface area (Å²) in [6, 6.07) is 0. The molecular formula is C7H12N2O2. The van der Waals surface area contributed by atoms with E-state index in [1.807, 2.05) is 0 Å². The minimum Gasteiger partial charge on any atom is -0.377 e. The van der Waals surface area contributed by atoms with Crippen molar-refractivity contribution in [2.45, 2.75) is 12.6 Å². The molecule has 0 aliphatic carbocycles. The molecule has 0 aromatic carbocycles. The van der Waals surface area contributed by atoms with Crippen LogP contribution in [0.2, 0.25) is 0 Å². The van der Waals surface area contributed by atoms with Gasteiger partial charge < -0.3 is 10.2 Å². The Bertz CT molecular complexity index is 178. The van der Waals surface area contributed by atoms with Gasteiger partial charge in [0.2, 0.25) is 0 Å². The van der Waals surface area contributed by atoms with E-state index in [4.69, 9.17) is 6.42 Å². The Morgan fingerprint density at radius 2 is 2.27 bits per heavy atom. The summed E-state index contributed by atoms with van der Waals surface area (Å²) in [5, 5.41) is 18.6. The Morgan fingerprint density at radius 1 is 1.64 bits per heavy atom. The van der Waals surface area contributed by atoms with Crippen molar-refractivity contribution in [3.8, 4) is 12.3 Å². The van der Waals surface area contributed by atoms with Gasteiger partial charge >= 0.3 is 0 Å². The van der Waals surface area contributed by atoms with Gasteiger partial charge in [-0.25, -0.2) is 4.90 Å². The fraction of sp³-hybridized carbons (Fsp3) is 0.714. The fourth-order valence-corrected chi connectivity index (χ4v) is 1.11. The number of hydrogen-bond donors (Lipinski definition) is 2. The minimum atomic E-state index is -0.749. The van der Waals surface area contributed by atoms with Crippen LogP contribution in [0.25, 0.3) is 0 Å². The van der Waals surface area contributed by atoms with Gasteiger partial charge in [0.1, 0.15) is 6.23 Å². The van der Waals surface area contributed by atoms with Gasteiger partial charge in [-0.15, -0.1) is 6.42 Å². The molecule has 1 aliphatic heterocycles. The lowest BCUT2D eigenvalue weighted by molar-refractivity contribution is -0.0728. The number of aliphatic hydroxyl groups is 2. The Kier molecular flexibility index (Phi) is 2.47. The molecule has 1 fully saturated rings. The van der Waals surface area contributed by atoms with E-state index in [9.17, 15) is 10.2 Å². The number of hydrogen-bond acceptors (Lipinski definition) is 4. The van der Waals surface area contributed by atoms with Crippen LogP contribution in [0.3, 0.4) is 0 Å². The quantitative estimate of drug-likeness (QED) is 0.452. The average molecular weight is 156 g/mol. The van der Waals surface area contributed by atoms with Crippen molar-refractivity contribution in [3.63, 3.8) is 0 Å². The lowest BCUT2D eigenvalue weighted by Gasteiger charge is -2.20. The van der Waals surface area contributed by atoms with Crippen LogP contribution < -0.4 is 0 Å². The van der Waals surface area contributed by atoms with Crippen LogP contribution in [0.15, 0.2) is 0 Å². The molecule has 62 valence electrons. The van der Waals surface area contributed by atoms with Crippen LogP contribution >= 0.6 is 0 Å². The topological polar surface area (TPSA) is 46.9 Å². The first-order valence-electron chi connectivity index (χ1n) is 3.42. The number of nitrogens with zero attached hydrogens (tertiary/aromatic N) is 2. The van der Waals surface area contributed by atoms with E-state index < -0.39 is 12.6 Å². The number of terminal acetylenes is 1. The molecule has 2 unspecified atom stereocenters. The van der Waals surface area contributed by atoms with Gasteiger partial charge in [-0.1, -0.05) is 5.92 Å². The molecule has 0 amide bonds. The predicted molar refractivity (Wildman–Crippen MR) is 40.2 cm³/mol. The smallest absolute Gasteiger partial charge is 0.168 e. The zero-order valence-electron chi connectivity index (χ0n) is 6.44. The largest absolute Gasteiger partial charge is 0.377 e. The van der Waals surface area contributed by atoms with E-state index in [0.29, 0.717) is 13.1 Å². The first-order valence-corrected chi connectivity index (χ1v) is 3.42. The molecule has 4 heteroatoms. The zero-order valence-corrected chi connectivity index (χ0v) is 6.44. The van der Waals surface area contributed by atoms with E-state index in [0.717, 1.165) is 0 Å². The van der Waals surface area contributed by atoms with E-state index >= 15 is 0 Å². The summed E-state index contributed by atoms with van der Waals surface area (Å²) in [7, 11) is 1.64. The van der Waals surface area contributed by atoms with Crippen LogP contribution in [-0.2, 0) is 0 Å². The standard InChI is InChI=1S/C7H12N2O2/c1-3-4-9-5-6(10)8(2)7(9)11/h1,6-7,10-11H,4-5H2,2H3. The van der Waals surface area contributed by atoms with Crippen LogP contribution in [-0.4, -0.2) is 52.7 Å². The van der Waals surface area contributed by atoms with Gasteiger partial charge in [0.15, 0.2) is 6.35 Å². The maximum absolute atomic E-state index is 9.36. The molecular weight excluding hydrogens is 144 g/mol. The van der Waals surface area contributed by atoms with Crippen molar-refractivity contribution in [2.75, 3.05) is 20.1 Å². The summed E-state index contributed by atoms with van der Waals surface area (Å²) in [4.78, 5) is 3.07. The van der Waals surface area contributed by atoms with Gasteiger partial charge in [-0.05, 0) is 7.05 Å². The maximum Gasteiger partial charge on any atom is 0.168 e. The highest BCUT2D eigenvalue weighted by Crippen LogP contribution is 2.13. The third-order valence-electron chi connectivity index (χ3n) is 1.85. The molecule has 0 aromatic heterocycles. The number of β-amino-alcohol motifs (C(OH)–C–C–N with tert-alkyl or cyclic N) is 1. The lowest BCUT2D eigenvalue weighted by atomic mass is 10.5. The summed E-state index contributed by atoms with van der Waals surface area (Å²) >= 11 is 0. The van der Waals surface area contributed by atoms with Gasteiger partial charge in [0, 0.05) is 6.54 Å². The summed E-state index contributed by atoms with van der Waals surface area (Å²) in [5.74, 6) is 2.41. The van der Waals surface area contributed by atoms with Crippen LogP contribution in [0.5, 0.6) is 0 Å². The Morgan fingerprint density at radius 3 is 2.64 bits per heavy atom. The minimum absolute atomic E-state index is 0.364. The van der Waals surface area contributed by atoms with Gasteiger partial charge in [-0.3, -0.25) is 4.90 Å². The number of rotatable bonds is 1. The molecule has 0 bridgehead atoms. The van der Waals surface area contributed by atoms with Crippen molar-refractivity contribution in [3.05, 3.63) is 0 Å². The Labute approximate surface area is 66.0 Å². The van der Waals surface area contributed by atoms with Crippen molar-refractivity contribution in [2.24, 2.45) is 0 Å². The monoisotopic (exact) mass is 156 g/mol. The highest BCUT2D eigenvalue weighted by Gasteiger charge is 2.33. The zero-order chi connectivity index (χ0) is 8.43. The maximum atomic E-state index is 9.36. The highest BCUT2D eigenvalue weighted by molar-refractivity contribution is 4.91. The molecule has 2 N–H and O–H groups in total. The van der Waals surface area contributed by atoms with Crippen molar-refractivity contribution in [1.82, 2.24) is 9.80 Å². The second-order valence-corrected chi connectivity index (χ2v) is 2.63. The molecule has 0 aromatic rings. The van der Waals surface area contributed by atoms with E-state index in [1.54, 1.807) is 11.9 Å². The molecule has 0 saturated carbocycles. The Balaban J connectivity index is 2.54. The lowest BCUT2D eigenvalue weighted by Crippen LogP contribution is -2.37. The second kappa shape index (κ2) is 3.20. The van der Waals surface area contributed by atoms with Crippen molar-refractivity contribution < 1.29 is 10.2 Å². The normalized spacial score (nSPS) is 34.0. The molecule has 1 saturated heterocycles. The first-order chi connectivity index (χ1) is 5.16. The summed E-state index contributed by atoms with van der Waals surface area (Å²) in [6.45, 7) is 0.768. The molecule has 1 heterocycles. The summed E-state index contributed by atoms with van der Waals surface area (Å²) in [5.41, 5.74) is 0. The second-order valence-electron chi connectivity index (χ2n) is 2.63. The summed E-state index contributed by atoms with van der Waals surface area (Å²) < 4.78 is 0. The number of likely N-dealkylation sites (N-methyl/N-ethyl adjacent to an activating group) is 1. The van der Waals surface area contributed by atoms with Crippen molar-refractivity contribution >= 4 is 0 Å². The third-order valence-corrected chi connectivity index (χ3v) is 1.85. The summed E-state index contributed by atoms with van der Waals surface area (Å²) in [6.07, 6.45) is 3.70. The van der Waals surface area contributed by atoms with Crippen molar-refractivity contribution in [1.29, 1.82) is 0 Å². The fourth-order valence-electron chi connectivity index (χ4n) is 1.11. The van der Waals surface area contributed by atoms with Gasteiger partial charge in [0.25, 0.3) is 0 Å². The van der Waals surface area contributed by atoms with E-state index in [-0.39, 0.29) is 0 Å². The average Bonchev–Trinajstić information content (AvgIpc) is 2.19. The van der Waals surface area contributed by atoms with Gasteiger partial charge in [0.05, 0.1) is 6.54 Å². The molecule has 1 aliphatic rings. The first kappa shape index (κ1) is 8.50. The molecule has 11 heavy (non-hydrogen) atoms. The highest BCUT2D eigenvalue weighted by atomic mass is 16.4. The molecule has 0 radical (unpaired) electrons. The van der Waals surface area contributed by atoms with E-state index in [1.165, 1.54) is 4.90 Å². The molecule has 0 spiro atoms.